The van der Waals surface area contributed by atoms with Gasteiger partial charge in [0.05, 0.1) is 18.2 Å². The van der Waals surface area contributed by atoms with Crippen LogP contribution in [0.4, 0.5) is 35.1 Å². The van der Waals surface area contributed by atoms with Crippen molar-refractivity contribution in [2.45, 2.75) is 115 Å². The molecule has 0 radical (unpaired) electrons. The summed E-state index contributed by atoms with van der Waals surface area (Å²) in [7, 11) is 0. The first kappa shape index (κ1) is 67.5. The standard InChI is InChI=1S/C23H28F4N2O2.C21H28F2N2O.C2H2F2O2.4ClH/c1-4-14-6-5-7-16(8-14)23(2,3)28-13-20(30)19(29-22(31)21(26)27)11-15-9-17(24)12-18(25)10-15;1-4-14-6-5-7-16(8-14)21(2,3)25-13-20(26)19(24)11-15-9-17(22)12-18(23)10-15;3-1(4)2(5)6;;;;/h5-10,12,19-21,28,30H,4,11,13H2,1-3H3,(H,29,31);5-10,12,19-20,25-26H,4,11,13,24H2,1-3H3;1H,(H,5,6);4*1H/t2*19-,20+;;;;;/m00...../s1. The van der Waals surface area contributed by atoms with Gasteiger partial charge < -0.3 is 37.0 Å². The van der Waals surface area contributed by atoms with Crippen molar-refractivity contribution in [3.63, 3.8) is 0 Å². The summed E-state index contributed by atoms with van der Waals surface area (Å²) in [4.78, 5) is 20.5. The lowest BCUT2D eigenvalue weighted by Crippen LogP contribution is -2.52. The van der Waals surface area contributed by atoms with E-state index in [4.69, 9.17) is 15.6 Å². The maximum Gasteiger partial charge on any atom is 0.371 e. The summed E-state index contributed by atoms with van der Waals surface area (Å²) < 4.78 is 100. The Morgan fingerprint density at radius 3 is 1.28 bits per heavy atom. The van der Waals surface area contributed by atoms with Gasteiger partial charge in [0.25, 0.3) is 5.91 Å². The number of aliphatic carboxylic acids is 1. The summed E-state index contributed by atoms with van der Waals surface area (Å²) in [5.74, 6) is -6.59. The number of hydrogen-bond acceptors (Lipinski definition) is 7. The van der Waals surface area contributed by atoms with E-state index < -0.39 is 77.8 Å². The molecule has 0 saturated heterocycles. The molecule has 0 spiro atoms. The van der Waals surface area contributed by atoms with Crippen LogP contribution in [-0.2, 0) is 46.4 Å². The number of carbonyl (C=O) groups excluding carboxylic acids is 1. The highest BCUT2D eigenvalue weighted by Crippen LogP contribution is 2.23. The van der Waals surface area contributed by atoms with Gasteiger partial charge >= 0.3 is 18.8 Å². The van der Waals surface area contributed by atoms with Crippen molar-refractivity contribution in [1.82, 2.24) is 16.0 Å². The second-order valence-electron chi connectivity index (χ2n) is 15.9. The Morgan fingerprint density at radius 2 is 0.940 bits per heavy atom. The number of aliphatic hydroxyl groups excluding tert-OH is 2. The lowest BCUT2D eigenvalue weighted by Gasteiger charge is -2.31. The second kappa shape index (κ2) is 32.1. The molecule has 0 aliphatic carbocycles. The molecular formula is C46H62Cl4F8N4O5. The first-order valence-electron chi connectivity index (χ1n) is 20.2. The highest BCUT2D eigenvalue weighted by atomic mass is 35.5. The molecule has 0 aliphatic rings. The second-order valence-corrected chi connectivity index (χ2v) is 15.9. The zero-order valence-electron chi connectivity index (χ0n) is 37.7. The number of hydrogen-bond donors (Lipinski definition) is 7. The van der Waals surface area contributed by atoms with E-state index in [1.807, 2.05) is 71.0 Å². The van der Waals surface area contributed by atoms with Gasteiger partial charge in [0.15, 0.2) is 0 Å². The van der Waals surface area contributed by atoms with Gasteiger partial charge in [0, 0.05) is 42.3 Å². The van der Waals surface area contributed by atoms with Gasteiger partial charge in [-0.2, -0.15) is 17.6 Å². The normalized spacial score (nSPS) is 12.8. The van der Waals surface area contributed by atoms with E-state index in [-0.39, 0.29) is 86.7 Å². The molecule has 4 aromatic rings. The Kier molecular flexibility index (Phi) is 32.3. The van der Waals surface area contributed by atoms with Gasteiger partial charge in [-0.05, 0) is 111 Å². The van der Waals surface area contributed by atoms with Crippen LogP contribution < -0.4 is 21.7 Å². The fourth-order valence-electron chi connectivity index (χ4n) is 6.23. The molecule has 0 heterocycles. The molecule has 4 aromatic carbocycles. The van der Waals surface area contributed by atoms with Gasteiger partial charge in [0.1, 0.15) is 23.3 Å². The van der Waals surface area contributed by atoms with Crippen LogP contribution in [-0.4, -0.2) is 77.4 Å². The molecule has 0 bridgehead atoms. The van der Waals surface area contributed by atoms with Crippen molar-refractivity contribution in [2.75, 3.05) is 13.1 Å². The Bertz CT molecular complexity index is 2040. The molecule has 380 valence electrons. The number of amides is 1. The number of nitrogens with two attached hydrogens (primary N) is 1. The van der Waals surface area contributed by atoms with E-state index in [2.05, 4.69) is 35.0 Å². The first-order chi connectivity index (χ1) is 29.4. The van der Waals surface area contributed by atoms with Crippen molar-refractivity contribution in [3.05, 3.63) is 142 Å². The largest absolute Gasteiger partial charge is 0.477 e. The lowest BCUT2D eigenvalue weighted by atomic mass is 9.91. The zero-order chi connectivity index (χ0) is 47.7. The maximum atomic E-state index is 13.5. The predicted molar refractivity (Wildman–Crippen MR) is 254 cm³/mol. The molecule has 0 fully saturated rings. The van der Waals surface area contributed by atoms with Crippen LogP contribution in [0.5, 0.6) is 0 Å². The molecule has 1 amide bonds. The van der Waals surface area contributed by atoms with E-state index in [1.165, 1.54) is 17.7 Å². The number of halogens is 12. The van der Waals surface area contributed by atoms with Crippen LogP contribution in [0.15, 0.2) is 84.9 Å². The number of aryl methyl sites for hydroxylation is 2. The fraction of sp³-hybridized carbons (Fsp3) is 0.435. The molecule has 4 rings (SSSR count). The van der Waals surface area contributed by atoms with Gasteiger partial charge in [0.2, 0.25) is 0 Å². The van der Waals surface area contributed by atoms with Crippen LogP contribution >= 0.6 is 49.6 Å². The summed E-state index contributed by atoms with van der Waals surface area (Å²) in [5, 5.41) is 36.8. The van der Waals surface area contributed by atoms with E-state index >= 15 is 0 Å². The minimum atomic E-state index is -3.28. The minimum absolute atomic E-state index is 0. The van der Waals surface area contributed by atoms with Crippen LogP contribution in [0.1, 0.15) is 74.9 Å². The van der Waals surface area contributed by atoms with Gasteiger partial charge in [-0.3, -0.25) is 4.79 Å². The third-order valence-electron chi connectivity index (χ3n) is 10.1. The van der Waals surface area contributed by atoms with Gasteiger partial charge in [-0.25, -0.2) is 22.4 Å². The molecule has 0 unspecified atom stereocenters. The number of carbonyl (C=O) groups is 2. The lowest BCUT2D eigenvalue weighted by molar-refractivity contribution is -0.149. The number of benzene rings is 4. The quantitative estimate of drug-likeness (QED) is 0.0459. The van der Waals surface area contributed by atoms with Crippen molar-refractivity contribution < 1.29 is 60.0 Å². The topological polar surface area (TPSA) is 157 Å². The number of rotatable bonds is 19. The summed E-state index contributed by atoms with van der Waals surface area (Å²) >= 11 is 0. The van der Waals surface area contributed by atoms with Crippen molar-refractivity contribution in [3.8, 4) is 0 Å². The summed E-state index contributed by atoms with van der Waals surface area (Å²) in [5.41, 5.74) is 10.2. The highest BCUT2D eigenvalue weighted by Gasteiger charge is 2.29. The number of alkyl halides is 4. The Morgan fingerprint density at radius 1 is 0.582 bits per heavy atom. The molecular weight excluding hydrogens is 982 g/mol. The average Bonchev–Trinajstić information content (AvgIpc) is 3.21. The molecule has 0 aliphatic heterocycles. The van der Waals surface area contributed by atoms with Crippen molar-refractivity contribution in [2.24, 2.45) is 5.73 Å². The fourth-order valence-corrected chi connectivity index (χ4v) is 6.23. The molecule has 0 aromatic heterocycles. The van der Waals surface area contributed by atoms with E-state index in [1.54, 1.807) is 0 Å². The number of aliphatic hydroxyl groups is 2. The number of carboxylic acids is 1. The Hall–Kier alpha value is -3.78. The van der Waals surface area contributed by atoms with Crippen LogP contribution in [0.3, 0.4) is 0 Å². The van der Waals surface area contributed by atoms with Gasteiger partial charge in [-0.15, -0.1) is 49.6 Å². The predicted octanol–water partition coefficient (Wildman–Crippen LogP) is 9.01. The number of carboxylic acid groups (broad SMARTS) is 1. The van der Waals surface area contributed by atoms with E-state index in [9.17, 15) is 50.1 Å². The third-order valence-corrected chi connectivity index (χ3v) is 10.1. The average molecular weight is 1040 g/mol. The Balaban J connectivity index is -0.00000104. The van der Waals surface area contributed by atoms with E-state index in [0.717, 1.165) is 47.7 Å². The smallest absolute Gasteiger partial charge is 0.371 e. The Labute approximate surface area is 411 Å². The van der Waals surface area contributed by atoms with E-state index in [0.29, 0.717) is 11.6 Å². The summed E-state index contributed by atoms with van der Waals surface area (Å²) in [6, 6.07) is 20.5. The van der Waals surface area contributed by atoms with Crippen molar-refractivity contribution >= 4 is 61.5 Å². The summed E-state index contributed by atoms with van der Waals surface area (Å²) in [6.07, 6.45) is -6.84. The first-order valence-corrected chi connectivity index (χ1v) is 20.2. The van der Waals surface area contributed by atoms with Crippen LogP contribution in [0.25, 0.3) is 0 Å². The van der Waals surface area contributed by atoms with Gasteiger partial charge in [-0.1, -0.05) is 62.4 Å². The SMILES string of the molecule is CCc1cccc(C(C)(C)NC[C@@H](O)[C@@H](N)Cc2cc(F)cc(F)c2)c1.CCc1cccc(C(C)(C)NC[C@@H](O)[C@H](Cc2cc(F)cc(F)c2)NC(=O)C(F)F)c1.Cl.Cl.Cl.Cl.O=C(O)C(F)F. The zero-order valence-corrected chi connectivity index (χ0v) is 40.9. The maximum absolute atomic E-state index is 13.5. The highest BCUT2D eigenvalue weighted by molar-refractivity contribution is 5.86. The minimum Gasteiger partial charge on any atom is -0.477 e. The third kappa shape index (κ3) is 24.4. The molecule has 9 nitrogen and oxygen atoms in total. The van der Waals surface area contributed by atoms with Crippen molar-refractivity contribution in [1.29, 1.82) is 0 Å². The monoisotopic (exact) mass is 1040 g/mol. The van der Waals surface area contributed by atoms with Crippen LogP contribution in [0.2, 0.25) is 0 Å². The molecule has 67 heavy (non-hydrogen) atoms. The summed E-state index contributed by atoms with van der Waals surface area (Å²) in [6.45, 7) is 12.3. The molecule has 21 heteroatoms. The number of nitrogens with one attached hydrogen (secondary N) is 3. The molecule has 0 saturated carbocycles. The molecule has 8 N–H and O–H groups in total. The van der Waals surface area contributed by atoms with Crippen LogP contribution in [0, 0.1) is 23.3 Å². The molecule has 4 atom stereocenters.